The Hall–Kier alpha value is -0.190. The molecule has 2 nitrogen and oxygen atoms in total. The van der Waals surface area contributed by atoms with Crippen LogP contribution in [0.4, 0.5) is 0 Å². The summed E-state index contributed by atoms with van der Waals surface area (Å²) in [6.07, 6.45) is 2.08. The Bertz CT molecular complexity index is 412. The third kappa shape index (κ3) is 3.90. The Kier molecular flexibility index (Phi) is 4.77. The highest BCUT2D eigenvalue weighted by molar-refractivity contribution is 9.10. The van der Waals surface area contributed by atoms with E-state index >= 15 is 0 Å². The summed E-state index contributed by atoms with van der Waals surface area (Å²) in [5, 5.41) is 3.55. The van der Waals surface area contributed by atoms with Crippen molar-refractivity contribution >= 4 is 26.7 Å². The molecule has 1 fully saturated rings. The average molecular weight is 316 g/mol. The van der Waals surface area contributed by atoms with Gasteiger partial charge in [0.25, 0.3) is 0 Å². The second-order valence-corrected chi connectivity index (χ2v) is 7.15. The van der Waals surface area contributed by atoms with Crippen molar-refractivity contribution in [3.63, 3.8) is 0 Å². The Morgan fingerprint density at radius 2 is 2.12 bits per heavy atom. The minimum atomic E-state index is -0.566. The molecule has 1 saturated heterocycles. The van der Waals surface area contributed by atoms with Gasteiger partial charge in [0.2, 0.25) is 0 Å². The number of hydrogen-bond acceptors (Lipinski definition) is 2. The van der Waals surface area contributed by atoms with Gasteiger partial charge in [0.15, 0.2) is 0 Å². The van der Waals surface area contributed by atoms with Crippen LogP contribution in [0.2, 0.25) is 0 Å². The van der Waals surface area contributed by atoms with Crippen LogP contribution in [0.25, 0.3) is 0 Å². The molecule has 1 aliphatic heterocycles. The molecule has 1 N–H and O–H groups in total. The summed E-state index contributed by atoms with van der Waals surface area (Å²) in [6, 6.07) is 6.97. The van der Waals surface area contributed by atoms with Gasteiger partial charge in [0.05, 0.1) is 0 Å². The molecule has 94 valence electrons. The molecule has 0 aromatic heterocycles. The van der Waals surface area contributed by atoms with Crippen LogP contribution in [0.5, 0.6) is 0 Å². The van der Waals surface area contributed by atoms with Crippen molar-refractivity contribution in [3.8, 4) is 0 Å². The fourth-order valence-electron chi connectivity index (χ4n) is 2.05. The van der Waals surface area contributed by atoms with E-state index in [1.165, 1.54) is 15.6 Å². The van der Waals surface area contributed by atoms with E-state index in [4.69, 9.17) is 0 Å². The van der Waals surface area contributed by atoms with Crippen LogP contribution >= 0.6 is 15.9 Å². The van der Waals surface area contributed by atoms with Gasteiger partial charge in [-0.1, -0.05) is 28.1 Å². The molecule has 0 aliphatic carbocycles. The molecule has 1 aliphatic rings. The summed E-state index contributed by atoms with van der Waals surface area (Å²) in [6.45, 7) is 2.98. The van der Waals surface area contributed by atoms with Gasteiger partial charge in [0, 0.05) is 39.4 Å². The maximum Gasteiger partial charge on any atom is 0.0249 e. The highest BCUT2D eigenvalue weighted by Gasteiger charge is 2.17. The lowest BCUT2D eigenvalue weighted by atomic mass is 10.1. The summed E-state index contributed by atoms with van der Waals surface area (Å²) in [7, 11) is -0.566. The molecule has 4 heteroatoms. The highest BCUT2D eigenvalue weighted by atomic mass is 79.9. The van der Waals surface area contributed by atoms with Gasteiger partial charge in [-0.15, -0.1) is 0 Å². The van der Waals surface area contributed by atoms with Crippen molar-refractivity contribution in [2.45, 2.75) is 32.4 Å². The standard InChI is InChI=1S/C13H18BrNOS/c1-10-2-3-11(13(14)8-10)9-15-12-4-6-17(16)7-5-12/h2-3,8,12,15H,4-7,9H2,1H3. The van der Waals surface area contributed by atoms with Crippen LogP contribution in [0, 0.1) is 6.92 Å². The fraction of sp³-hybridized carbons (Fsp3) is 0.538. The number of aryl methyl sites for hydroxylation is 1. The number of hydrogen-bond donors (Lipinski definition) is 1. The first kappa shape index (κ1) is 13.2. The van der Waals surface area contributed by atoms with E-state index in [-0.39, 0.29) is 0 Å². The zero-order chi connectivity index (χ0) is 12.3. The largest absolute Gasteiger partial charge is 0.310 e. The van der Waals surface area contributed by atoms with Crippen LogP contribution in [0.3, 0.4) is 0 Å². The summed E-state index contributed by atoms with van der Waals surface area (Å²) in [4.78, 5) is 0. The molecule has 0 saturated carbocycles. The number of benzene rings is 1. The van der Waals surface area contributed by atoms with E-state index in [0.717, 1.165) is 30.9 Å². The number of halogens is 1. The lowest BCUT2D eigenvalue weighted by Gasteiger charge is -2.23. The molecule has 17 heavy (non-hydrogen) atoms. The molecule has 0 bridgehead atoms. The quantitative estimate of drug-likeness (QED) is 0.929. The smallest absolute Gasteiger partial charge is 0.0249 e. The van der Waals surface area contributed by atoms with Crippen LogP contribution in [-0.2, 0) is 17.3 Å². The van der Waals surface area contributed by atoms with Crippen molar-refractivity contribution in [3.05, 3.63) is 33.8 Å². The molecule has 0 atom stereocenters. The van der Waals surface area contributed by atoms with E-state index in [2.05, 4.69) is 46.4 Å². The van der Waals surface area contributed by atoms with Gasteiger partial charge in [-0.05, 0) is 37.0 Å². The normalized spacial score (nSPS) is 24.8. The van der Waals surface area contributed by atoms with E-state index in [0.29, 0.717) is 6.04 Å². The minimum absolute atomic E-state index is 0.529. The van der Waals surface area contributed by atoms with Crippen LogP contribution in [0.1, 0.15) is 24.0 Å². The third-order valence-corrected chi connectivity index (χ3v) is 5.30. The molecular weight excluding hydrogens is 298 g/mol. The molecule has 0 spiro atoms. The summed E-state index contributed by atoms with van der Waals surface area (Å²) in [5.41, 5.74) is 2.57. The minimum Gasteiger partial charge on any atom is -0.310 e. The lowest BCUT2D eigenvalue weighted by molar-refractivity contribution is 0.475. The summed E-state index contributed by atoms with van der Waals surface area (Å²) < 4.78 is 12.4. The second-order valence-electron chi connectivity index (χ2n) is 4.60. The van der Waals surface area contributed by atoms with Gasteiger partial charge >= 0.3 is 0 Å². The average Bonchev–Trinajstić information content (AvgIpc) is 2.30. The van der Waals surface area contributed by atoms with Crippen molar-refractivity contribution in [2.24, 2.45) is 0 Å². The zero-order valence-electron chi connectivity index (χ0n) is 10.0. The van der Waals surface area contributed by atoms with Crippen molar-refractivity contribution < 1.29 is 4.21 Å². The molecule has 1 heterocycles. The number of rotatable bonds is 3. The first-order valence-electron chi connectivity index (χ1n) is 5.98. The highest BCUT2D eigenvalue weighted by Crippen LogP contribution is 2.19. The fourth-order valence-corrected chi connectivity index (χ4v) is 3.98. The van der Waals surface area contributed by atoms with Crippen LogP contribution in [0.15, 0.2) is 22.7 Å². The van der Waals surface area contributed by atoms with Gasteiger partial charge < -0.3 is 5.32 Å². The Labute approximate surface area is 114 Å². The maximum atomic E-state index is 11.3. The van der Waals surface area contributed by atoms with Crippen molar-refractivity contribution in [1.82, 2.24) is 5.32 Å². The maximum absolute atomic E-state index is 11.3. The first-order chi connectivity index (χ1) is 8.15. The van der Waals surface area contributed by atoms with Gasteiger partial charge in [-0.3, -0.25) is 4.21 Å². The SMILES string of the molecule is Cc1ccc(CNC2CCS(=O)CC2)c(Br)c1. The van der Waals surface area contributed by atoms with Crippen molar-refractivity contribution in [2.75, 3.05) is 11.5 Å². The molecule has 0 amide bonds. The second kappa shape index (κ2) is 6.12. The van der Waals surface area contributed by atoms with E-state index in [9.17, 15) is 4.21 Å². The van der Waals surface area contributed by atoms with Gasteiger partial charge in [0.1, 0.15) is 0 Å². The Morgan fingerprint density at radius 1 is 1.41 bits per heavy atom. The predicted octanol–water partition coefficient (Wildman–Crippen LogP) is 2.76. The van der Waals surface area contributed by atoms with E-state index in [1.54, 1.807) is 0 Å². The zero-order valence-corrected chi connectivity index (χ0v) is 12.4. The summed E-state index contributed by atoms with van der Waals surface area (Å²) in [5.74, 6) is 1.71. The Balaban J connectivity index is 1.87. The molecule has 1 aromatic carbocycles. The third-order valence-electron chi connectivity index (χ3n) is 3.18. The molecule has 1 aromatic rings. The number of nitrogens with one attached hydrogen (secondary N) is 1. The van der Waals surface area contributed by atoms with Crippen LogP contribution in [-0.4, -0.2) is 21.8 Å². The Morgan fingerprint density at radius 3 is 2.76 bits per heavy atom. The van der Waals surface area contributed by atoms with E-state index < -0.39 is 10.8 Å². The first-order valence-corrected chi connectivity index (χ1v) is 8.26. The topological polar surface area (TPSA) is 29.1 Å². The molecule has 0 unspecified atom stereocenters. The monoisotopic (exact) mass is 315 g/mol. The van der Waals surface area contributed by atoms with Gasteiger partial charge in [-0.25, -0.2) is 0 Å². The molecule has 0 radical (unpaired) electrons. The van der Waals surface area contributed by atoms with Gasteiger partial charge in [-0.2, -0.15) is 0 Å². The van der Waals surface area contributed by atoms with Crippen molar-refractivity contribution in [1.29, 1.82) is 0 Å². The van der Waals surface area contributed by atoms with E-state index in [1.807, 2.05) is 0 Å². The molecular formula is C13H18BrNOS. The summed E-state index contributed by atoms with van der Waals surface area (Å²) >= 11 is 3.59. The lowest BCUT2D eigenvalue weighted by Crippen LogP contribution is -2.35. The predicted molar refractivity (Wildman–Crippen MR) is 76.6 cm³/mol. The van der Waals surface area contributed by atoms with Crippen LogP contribution < -0.4 is 5.32 Å². The molecule has 2 rings (SSSR count).